The summed E-state index contributed by atoms with van der Waals surface area (Å²) in [5.41, 5.74) is 2.25. The molecule has 0 saturated heterocycles. The van der Waals surface area contributed by atoms with E-state index >= 15 is 0 Å². The fraction of sp³-hybridized carbons (Fsp3) is 0.158. The van der Waals surface area contributed by atoms with Crippen molar-refractivity contribution in [1.82, 2.24) is 4.57 Å². The second-order valence-electron chi connectivity index (χ2n) is 5.24. The van der Waals surface area contributed by atoms with E-state index < -0.39 is 0 Å². The molecule has 0 fully saturated rings. The van der Waals surface area contributed by atoms with Crippen LogP contribution in [0.2, 0.25) is 0 Å². The molecule has 3 rings (SSSR count). The molecule has 0 unspecified atom stereocenters. The molecule has 0 aliphatic rings. The van der Waals surface area contributed by atoms with Gasteiger partial charge in [0, 0.05) is 13.0 Å². The van der Waals surface area contributed by atoms with E-state index in [1.165, 1.54) is 0 Å². The van der Waals surface area contributed by atoms with Gasteiger partial charge in [-0.1, -0.05) is 59.9 Å². The Kier molecular flexibility index (Phi) is 4.83. The van der Waals surface area contributed by atoms with Crippen LogP contribution in [0.5, 0.6) is 0 Å². The van der Waals surface area contributed by atoms with E-state index in [1.54, 1.807) is 11.3 Å². The third-order valence-electron chi connectivity index (χ3n) is 3.59. The molecule has 4 heteroatoms. The van der Waals surface area contributed by atoms with Crippen molar-refractivity contribution in [2.75, 3.05) is 0 Å². The van der Waals surface area contributed by atoms with Gasteiger partial charge in [-0.05, 0) is 24.1 Å². The Morgan fingerprint density at radius 1 is 1.13 bits per heavy atom. The first kappa shape index (κ1) is 15.4. The third-order valence-corrected chi connectivity index (χ3v) is 4.65. The van der Waals surface area contributed by atoms with Crippen LogP contribution in [-0.4, -0.2) is 10.5 Å². The van der Waals surface area contributed by atoms with E-state index in [0.717, 1.165) is 27.0 Å². The minimum atomic E-state index is -0.0850. The largest absolute Gasteiger partial charge is 0.313 e. The van der Waals surface area contributed by atoms with E-state index in [0.29, 0.717) is 13.0 Å². The SMILES string of the molecule is C=CCn1c(=NC(=O)CCc2ccccc2)sc2ccccc21. The highest BCUT2D eigenvalue weighted by Crippen LogP contribution is 2.16. The number of rotatable bonds is 5. The molecule has 1 amide bonds. The van der Waals surface area contributed by atoms with Crippen LogP contribution in [0.15, 0.2) is 72.2 Å². The summed E-state index contributed by atoms with van der Waals surface area (Å²) in [6.07, 6.45) is 2.97. The number of hydrogen-bond acceptors (Lipinski definition) is 2. The molecule has 0 spiro atoms. The number of thiazole rings is 1. The van der Waals surface area contributed by atoms with E-state index in [-0.39, 0.29) is 5.91 Å². The van der Waals surface area contributed by atoms with E-state index in [2.05, 4.69) is 11.6 Å². The Balaban J connectivity index is 1.86. The molecule has 0 aliphatic heterocycles. The Bertz CT molecular complexity index is 890. The third kappa shape index (κ3) is 3.66. The number of allylic oxidation sites excluding steroid dienone is 1. The van der Waals surface area contributed by atoms with E-state index in [9.17, 15) is 4.79 Å². The van der Waals surface area contributed by atoms with Gasteiger partial charge in [-0.25, -0.2) is 0 Å². The number of aromatic nitrogens is 1. The number of aryl methyl sites for hydroxylation is 1. The van der Waals surface area contributed by atoms with Crippen molar-refractivity contribution < 1.29 is 4.79 Å². The summed E-state index contributed by atoms with van der Waals surface area (Å²) < 4.78 is 3.16. The molecule has 1 heterocycles. The van der Waals surface area contributed by atoms with Gasteiger partial charge in [-0.3, -0.25) is 4.79 Å². The molecule has 0 atom stereocenters. The smallest absolute Gasteiger partial charge is 0.248 e. The zero-order chi connectivity index (χ0) is 16.1. The van der Waals surface area contributed by atoms with Crippen molar-refractivity contribution in [3.8, 4) is 0 Å². The molecule has 116 valence electrons. The first-order valence-corrected chi connectivity index (χ1v) is 8.40. The molecule has 3 aromatic rings. The van der Waals surface area contributed by atoms with Gasteiger partial charge in [0.2, 0.25) is 5.91 Å². The van der Waals surface area contributed by atoms with E-state index in [4.69, 9.17) is 0 Å². The maximum atomic E-state index is 12.2. The zero-order valence-electron chi connectivity index (χ0n) is 12.8. The molecule has 3 nitrogen and oxygen atoms in total. The van der Waals surface area contributed by atoms with Gasteiger partial charge in [-0.15, -0.1) is 6.58 Å². The minimum Gasteiger partial charge on any atom is -0.313 e. The molecule has 2 aromatic carbocycles. The predicted molar refractivity (Wildman–Crippen MR) is 95.3 cm³/mol. The minimum absolute atomic E-state index is 0.0850. The van der Waals surface area contributed by atoms with E-state index in [1.807, 2.05) is 65.2 Å². The predicted octanol–water partition coefficient (Wildman–Crippen LogP) is 3.95. The van der Waals surface area contributed by atoms with Gasteiger partial charge < -0.3 is 4.57 Å². The fourth-order valence-corrected chi connectivity index (χ4v) is 3.53. The van der Waals surface area contributed by atoms with Crippen molar-refractivity contribution in [3.63, 3.8) is 0 Å². The van der Waals surface area contributed by atoms with Gasteiger partial charge in [-0.2, -0.15) is 4.99 Å². The van der Waals surface area contributed by atoms with Crippen LogP contribution in [0.3, 0.4) is 0 Å². The second kappa shape index (κ2) is 7.20. The molecular weight excluding hydrogens is 304 g/mol. The van der Waals surface area contributed by atoms with Crippen LogP contribution in [-0.2, 0) is 17.8 Å². The van der Waals surface area contributed by atoms with Gasteiger partial charge >= 0.3 is 0 Å². The Morgan fingerprint density at radius 3 is 2.65 bits per heavy atom. The Hall–Kier alpha value is -2.46. The lowest BCUT2D eigenvalue weighted by Gasteiger charge is -2.00. The van der Waals surface area contributed by atoms with Crippen LogP contribution in [0, 0.1) is 0 Å². The Morgan fingerprint density at radius 2 is 1.87 bits per heavy atom. The monoisotopic (exact) mass is 322 g/mol. The first-order valence-electron chi connectivity index (χ1n) is 7.58. The lowest BCUT2D eigenvalue weighted by atomic mass is 10.1. The molecule has 0 saturated carbocycles. The summed E-state index contributed by atoms with van der Waals surface area (Å²) in [5.74, 6) is -0.0850. The van der Waals surface area contributed by atoms with Crippen molar-refractivity contribution in [2.24, 2.45) is 4.99 Å². The molecule has 23 heavy (non-hydrogen) atoms. The summed E-state index contributed by atoms with van der Waals surface area (Å²) in [4.78, 5) is 17.3. The molecule has 0 N–H and O–H groups in total. The second-order valence-corrected chi connectivity index (χ2v) is 6.25. The average molecular weight is 322 g/mol. The van der Waals surface area contributed by atoms with Crippen molar-refractivity contribution in [3.05, 3.63) is 77.6 Å². The highest BCUT2D eigenvalue weighted by Gasteiger charge is 2.06. The Labute approximate surface area is 139 Å². The van der Waals surface area contributed by atoms with Crippen LogP contribution < -0.4 is 4.80 Å². The average Bonchev–Trinajstić information content (AvgIpc) is 2.92. The van der Waals surface area contributed by atoms with Crippen molar-refractivity contribution in [2.45, 2.75) is 19.4 Å². The quantitative estimate of drug-likeness (QED) is 0.655. The van der Waals surface area contributed by atoms with Crippen LogP contribution in [0.1, 0.15) is 12.0 Å². The zero-order valence-corrected chi connectivity index (χ0v) is 13.6. The summed E-state index contributed by atoms with van der Waals surface area (Å²) in [5, 5.41) is 0. The molecule has 0 radical (unpaired) electrons. The summed E-state index contributed by atoms with van der Waals surface area (Å²) >= 11 is 1.54. The number of carbonyl (C=O) groups excluding carboxylic acids is 1. The maximum absolute atomic E-state index is 12.2. The highest BCUT2D eigenvalue weighted by molar-refractivity contribution is 7.16. The van der Waals surface area contributed by atoms with Crippen LogP contribution in [0.4, 0.5) is 0 Å². The van der Waals surface area contributed by atoms with Crippen LogP contribution in [0.25, 0.3) is 10.2 Å². The summed E-state index contributed by atoms with van der Waals surface area (Å²) in [7, 11) is 0. The molecule has 1 aromatic heterocycles. The first-order chi connectivity index (χ1) is 11.3. The number of carbonyl (C=O) groups is 1. The van der Waals surface area contributed by atoms with Gasteiger partial charge in [0.15, 0.2) is 4.80 Å². The van der Waals surface area contributed by atoms with Crippen LogP contribution >= 0.6 is 11.3 Å². The summed E-state index contributed by atoms with van der Waals surface area (Å²) in [6.45, 7) is 4.44. The normalized spacial score (nSPS) is 11.7. The molecular formula is C19H18N2OS. The highest BCUT2D eigenvalue weighted by atomic mass is 32.1. The fourth-order valence-electron chi connectivity index (χ4n) is 2.47. The van der Waals surface area contributed by atoms with Crippen molar-refractivity contribution >= 4 is 27.5 Å². The number of fused-ring (bicyclic) bond motifs is 1. The number of amides is 1. The number of hydrogen-bond donors (Lipinski definition) is 0. The van der Waals surface area contributed by atoms with Gasteiger partial charge in [0.1, 0.15) is 0 Å². The standard InChI is InChI=1S/C19H18N2OS/c1-2-14-21-16-10-6-7-11-17(16)23-19(21)20-18(22)13-12-15-8-4-3-5-9-15/h2-11H,1,12-14H2. The molecule has 0 aliphatic carbocycles. The van der Waals surface area contributed by atoms with Gasteiger partial charge in [0.05, 0.1) is 10.2 Å². The molecule has 0 bridgehead atoms. The number of nitrogens with zero attached hydrogens (tertiary/aromatic N) is 2. The lowest BCUT2D eigenvalue weighted by Crippen LogP contribution is -2.16. The van der Waals surface area contributed by atoms with Gasteiger partial charge in [0.25, 0.3) is 0 Å². The lowest BCUT2D eigenvalue weighted by molar-refractivity contribution is -0.118. The van der Waals surface area contributed by atoms with Crippen molar-refractivity contribution in [1.29, 1.82) is 0 Å². The summed E-state index contributed by atoms with van der Waals surface area (Å²) in [6, 6.07) is 18.1. The maximum Gasteiger partial charge on any atom is 0.248 e. The number of benzene rings is 2. The number of para-hydroxylation sites is 1. The topological polar surface area (TPSA) is 34.4 Å².